The third kappa shape index (κ3) is 4.20. The van der Waals surface area contributed by atoms with Crippen molar-refractivity contribution in [3.8, 4) is 0 Å². The van der Waals surface area contributed by atoms with Gasteiger partial charge >= 0.3 is 0 Å². The lowest BCUT2D eigenvalue weighted by atomic mass is 10.0. The van der Waals surface area contributed by atoms with Gasteiger partial charge in [-0.2, -0.15) is 0 Å². The maximum Gasteiger partial charge on any atom is 0.225 e. The highest BCUT2D eigenvalue weighted by atomic mass is 35.5. The first kappa shape index (κ1) is 15.3. The maximum absolute atomic E-state index is 12.0. The standard InChI is InChI=1S/C15H20ClNO3/c1-19-14(11-4-2-6-13(16)8-11)9-17-15(18)12-5-3-7-20-10-12/h2,4,6,8,12,14H,3,5,7,9-10H2,1H3,(H,17,18)/t12-,14-/m1/s1. The Labute approximate surface area is 124 Å². The minimum atomic E-state index is -0.192. The molecule has 1 aliphatic rings. The zero-order chi connectivity index (χ0) is 14.4. The van der Waals surface area contributed by atoms with Gasteiger partial charge in [0, 0.05) is 25.3 Å². The average Bonchev–Trinajstić information content (AvgIpc) is 2.48. The highest BCUT2D eigenvalue weighted by molar-refractivity contribution is 6.30. The van der Waals surface area contributed by atoms with Gasteiger partial charge in [0.1, 0.15) is 0 Å². The molecule has 0 aromatic heterocycles. The summed E-state index contributed by atoms with van der Waals surface area (Å²) < 4.78 is 10.8. The van der Waals surface area contributed by atoms with E-state index in [9.17, 15) is 4.79 Å². The van der Waals surface area contributed by atoms with Crippen LogP contribution >= 0.6 is 11.6 Å². The van der Waals surface area contributed by atoms with E-state index in [4.69, 9.17) is 21.1 Å². The molecular weight excluding hydrogens is 278 g/mol. The normalized spacial score (nSPS) is 20.4. The second kappa shape index (κ2) is 7.62. The lowest BCUT2D eigenvalue weighted by Crippen LogP contribution is -2.37. The van der Waals surface area contributed by atoms with Crippen LogP contribution < -0.4 is 5.32 Å². The molecule has 0 aliphatic carbocycles. The highest BCUT2D eigenvalue weighted by Gasteiger charge is 2.22. The van der Waals surface area contributed by atoms with Crippen molar-refractivity contribution in [1.29, 1.82) is 0 Å². The molecule has 1 fully saturated rings. The molecule has 0 bridgehead atoms. The Hall–Kier alpha value is -1.10. The third-order valence-electron chi connectivity index (χ3n) is 3.50. The average molecular weight is 298 g/mol. The first-order valence-corrected chi connectivity index (χ1v) is 7.22. The molecule has 0 spiro atoms. The number of hydrogen-bond acceptors (Lipinski definition) is 3. The van der Waals surface area contributed by atoms with E-state index in [-0.39, 0.29) is 17.9 Å². The molecule has 0 saturated carbocycles. The largest absolute Gasteiger partial charge is 0.381 e. The Morgan fingerprint density at radius 1 is 1.60 bits per heavy atom. The van der Waals surface area contributed by atoms with Gasteiger partial charge in [-0.1, -0.05) is 23.7 Å². The van der Waals surface area contributed by atoms with E-state index in [2.05, 4.69) is 5.32 Å². The zero-order valence-electron chi connectivity index (χ0n) is 11.6. The smallest absolute Gasteiger partial charge is 0.225 e. The summed E-state index contributed by atoms with van der Waals surface area (Å²) in [5.74, 6) is -0.00519. The summed E-state index contributed by atoms with van der Waals surface area (Å²) in [5.41, 5.74) is 0.959. The summed E-state index contributed by atoms with van der Waals surface area (Å²) in [4.78, 5) is 12.0. The Balaban J connectivity index is 1.88. The summed E-state index contributed by atoms with van der Waals surface area (Å²) in [6.07, 6.45) is 1.64. The van der Waals surface area contributed by atoms with Crippen molar-refractivity contribution in [2.75, 3.05) is 26.9 Å². The van der Waals surface area contributed by atoms with Gasteiger partial charge in [0.2, 0.25) is 5.91 Å². The van der Waals surface area contributed by atoms with Crippen LogP contribution in [0.3, 0.4) is 0 Å². The van der Waals surface area contributed by atoms with E-state index in [1.165, 1.54) is 0 Å². The molecular formula is C15H20ClNO3. The fourth-order valence-electron chi connectivity index (χ4n) is 2.33. The molecule has 1 aliphatic heterocycles. The van der Waals surface area contributed by atoms with E-state index in [0.717, 1.165) is 25.0 Å². The van der Waals surface area contributed by atoms with Gasteiger partial charge in [0.25, 0.3) is 0 Å². The van der Waals surface area contributed by atoms with E-state index < -0.39 is 0 Å². The van der Waals surface area contributed by atoms with Gasteiger partial charge < -0.3 is 14.8 Å². The second-order valence-corrected chi connectivity index (χ2v) is 5.38. The molecule has 5 heteroatoms. The van der Waals surface area contributed by atoms with Crippen LogP contribution in [0.2, 0.25) is 5.02 Å². The van der Waals surface area contributed by atoms with Crippen LogP contribution in [0.15, 0.2) is 24.3 Å². The highest BCUT2D eigenvalue weighted by Crippen LogP contribution is 2.20. The Morgan fingerprint density at radius 3 is 3.10 bits per heavy atom. The van der Waals surface area contributed by atoms with E-state index in [0.29, 0.717) is 18.2 Å². The molecule has 1 saturated heterocycles. The fourth-order valence-corrected chi connectivity index (χ4v) is 2.53. The number of nitrogens with one attached hydrogen (secondary N) is 1. The van der Waals surface area contributed by atoms with Gasteiger partial charge in [0.05, 0.1) is 18.6 Å². The number of hydrogen-bond donors (Lipinski definition) is 1. The summed E-state index contributed by atoms with van der Waals surface area (Å²) >= 11 is 5.97. The maximum atomic E-state index is 12.0. The quantitative estimate of drug-likeness (QED) is 0.908. The Bertz CT molecular complexity index is 446. The molecule has 4 nitrogen and oxygen atoms in total. The number of carbonyl (C=O) groups is 1. The van der Waals surface area contributed by atoms with Crippen LogP contribution in [0.4, 0.5) is 0 Å². The van der Waals surface area contributed by atoms with E-state index >= 15 is 0 Å². The molecule has 1 heterocycles. The lowest BCUT2D eigenvalue weighted by molar-refractivity contribution is -0.129. The third-order valence-corrected chi connectivity index (χ3v) is 3.73. The fraction of sp³-hybridized carbons (Fsp3) is 0.533. The van der Waals surface area contributed by atoms with Gasteiger partial charge in [-0.15, -0.1) is 0 Å². The predicted molar refractivity (Wildman–Crippen MR) is 77.8 cm³/mol. The number of amides is 1. The molecule has 110 valence electrons. The van der Waals surface area contributed by atoms with Gasteiger partial charge in [-0.3, -0.25) is 4.79 Å². The minimum Gasteiger partial charge on any atom is -0.381 e. The monoisotopic (exact) mass is 297 g/mol. The van der Waals surface area contributed by atoms with Crippen molar-refractivity contribution in [3.05, 3.63) is 34.9 Å². The number of rotatable bonds is 5. The number of benzene rings is 1. The van der Waals surface area contributed by atoms with Crippen molar-refractivity contribution in [2.24, 2.45) is 5.92 Å². The van der Waals surface area contributed by atoms with Crippen molar-refractivity contribution in [1.82, 2.24) is 5.32 Å². The Kier molecular flexibility index (Phi) is 5.83. The van der Waals surface area contributed by atoms with Crippen molar-refractivity contribution in [3.63, 3.8) is 0 Å². The molecule has 0 radical (unpaired) electrons. The first-order chi connectivity index (χ1) is 9.70. The van der Waals surface area contributed by atoms with Crippen molar-refractivity contribution < 1.29 is 14.3 Å². The van der Waals surface area contributed by atoms with Crippen LogP contribution in [0.25, 0.3) is 0 Å². The predicted octanol–water partition coefficient (Wildman–Crippen LogP) is 2.57. The zero-order valence-corrected chi connectivity index (χ0v) is 12.4. The summed E-state index contributed by atoms with van der Waals surface area (Å²) in [7, 11) is 1.63. The molecule has 1 aromatic carbocycles. The molecule has 0 unspecified atom stereocenters. The summed E-state index contributed by atoms with van der Waals surface area (Å²) in [6.45, 7) is 1.71. The van der Waals surface area contributed by atoms with Gasteiger partial charge in [-0.05, 0) is 30.5 Å². The Morgan fingerprint density at radius 2 is 2.45 bits per heavy atom. The SMILES string of the molecule is CO[C@H](CNC(=O)[C@@H]1CCCOC1)c1cccc(Cl)c1. The molecule has 1 amide bonds. The van der Waals surface area contributed by atoms with Crippen molar-refractivity contribution >= 4 is 17.5 Å². The number of methoxy groups -OCH3 is 1. The van der Waals surface area contributed by atoms with E-state index in [1.54, 1.807) is 7.11 Å². The molecule has 1 N–H and O–H groups in total. The van der Waals surface area contributed by atoms with Crippen LogP contribution in [0.5, 0.6) is 0 Å². The summed E-state index contributed by atoms with van der Waals surface area (Å²) in [5, 5.41) is 3.60. The first-order valence-electron chi connectivity index (χ1n) is 6.84. The van der Waals surface area contributed by atoms with Crippen LogP contribution in [0, 0.1) is 5.92 Å². The lowest BCUT2D eigenvalue weighted by Gasteiger charge is -2.23. The minimum absolute atomic E-state index is 0.0359. The molecule has 1 aromatic rings. The second-order valence-electron chi connectivity index (χ2n) is 4.94. The number of ether oxygens (including phenoxy) is 2. The number of carbonyl (C=O) groups excluding carboxylic acids is 1. The molecule has 20 heavy (non-hydrogen) atoms. The van der Waals surface area contributed by atoms with Crippen LogP contribution in [-0.4, -0.2) is 32.8 Å². The van der Waals surface area contributed by atoms with Crippen molar-refractivity contribution in [2.45, 2.75) is 18.9 Å². The van der Waals surface area contributed by atoms with E-state index in [1.807, 2.05) is 24.3 Å². The van der Waals surface area contributed by atoms with Gasteiger partial charge in [-0.25, -0.2) is 0 Å². The summed E-state index contributed by atoms with van der Waals surface area (Å²) in [6, 6.07) is 7.48. The van der Waals surface area contributed by atoms with Crippen LogP contribution in [-0.2, 0) is 14.3 Å². The topological polar surface area (TPSA) is 47.6 Å². The molecule has 2 atom stereocenters. The van der Waals surface area contributed by atoms with Gasteiger partial charge in [0.15, 0.2) is 0 Å². The van der Waals surface area contributed by atoms with Crippen LogP contribution in [0.1, 0.15) is 24.5 Å². The molecule has 2 rings (SSSR count). The number of halogens is 1.